The monoisotopic (exact) mass is 205 g/mol. The van der Waals surface area contributed by atoms with E-state index >= 15 is 0 Å². The van der Waals surface area contributed by atoms with Crippen molar-refractivity contribution in [2.45, 2.75) is 12.5 Å². The van der Waals surface area contributed by atoms with E-state index in [0.717, 1.165) is 0 Å². The summed E-state index contributed by atoms with van der Waals surface area (Å²) >= 11 is 0. The van der Waals surface area contributed by atoms with Gasteiger partial charge in [0.15, 0.2) is 0 Å². The van der Waals surface area contributed by atoms with E-state index in [-0.39, 0.29) is 6.42 Å². The highest BCUT2D eigenvalue weighted by atomic mass is 19.1. The molecular weight excluding hydrogens is 197 g/mol. The standard InChI is InChI=1S/C11H8FNO2/c12-9-4-2-1-3-8(9)10-5-7(6-13)11(14)15-10/h1-4,7,10H,5H2. The van der Waals surface area contributed by atoms with Crippen molar-refractivity contribution in [2.24, 2.45) is 5.92 Å². The quantitative estimate of drug-likeness (QED) is 0.658. The largest absolute Gasteiger partial charge is 0.456 e. The van der Waals surface area contributed by atoms with E-state index in [1.165, 1.54) is 6.07 Å². The molecule has 1 fully saturated rings. The number of rotatable bonds is 1. The second kappa shape index (κ2) is 3.70. The molecule has 0 N–H and O–H groups in total. The third-order valence-electron chi connectivity index (χ3n) is 2.40. The highest BCUT2D eigenvalue weighted by molar-refractivity contribution is 5.77. The second-order valence-electron chi connectivity index (χ2n) is 3.36. The first-order valence-corrected chi connectivity index (χ1v) is 4.57. The Labute approximate surface area is 86.1 Å². The topological polar surface area (TPSA) is 50.1 Å². The van der Waals surface area contributed by atoms with Gasteiger partial charge in [0.2, 0.25) is 0 Å². The van der Waals surface area contributed by atoms with Crippen molar-refractivity contribution in [1.82, 2.24) is 0 Å². The van der Waals surface area contributed by atoms with Crippen molar-refractivity contribution in [2.75, 3.05) is 0 Å². The zero-order valence-electron chi connectivity index (χ0n) is 7.81. The Bertz CT molecular complexity index is 438. The number of hydrogen-bond acceptors (Lipinski definition) is 3. The fourth-order valence-corrected chi connectivity index (χ4v) is 1.61. The van der Waals surface area contributed by atoms with Gasteiger partial charge in [-0.1, -0.05) is 18.2 Å². The predicted molar refractivity (Wildman–Crippen MR) is 49.0 cm³/mol. The Morgan fingerprint density at radius 2 is 2.20 bits per heavy atom. The molecule has 1 aromatic rings. The molecule has 0 spiro atoms. The Balaban J connectivity index is 2.25. The lowest BCUT2D eigenvalue weighted by molar-refractivity contribution is -0.143. The molecule has 4 heteroatoms. The summed E-state index contributed by atoms with van der Waals surface area (Å²) in [4.78, 5) is 11.1. The van der Waals surface area contributed by atoms with Crippen LogP contribution >= 0.6 is 0 Å². The Kier molecular flexibility index (Phi) is 2.38. The molecule has 2 atom stereocenters. The average molecular weight is 205 g/mol. The third-order valence-corrected chi connectivity index (χ3v) is 2.40. The molecule has 0 saturated carbocycles. The first kappa shape index (κ1) is 9.66. The fraction of sp³-hybridized carbons (Fsp3) is 0.273. The number of hydrogen-bond donors (Lipinski definition) is 0. The van der Waals surface area contributed by atoms with E-state index in [2.05, 4.69) is 0 Å². The summed E-state index contributed by atoms with van der Waals surface area (Å²) in [5, 5.41) is 8.63. The molecule has 1 aromatic carbocycles. The molecule has 0 radical (unpaired) electrons. The van der Waals surface area contributed by atoms with Gasteiger partial charge in [-0.05, 0) is 6.07 Å². The third kappa shape index (κ3) is 1.68. The summed E-state index contributed by atoms with van der Waals surface area (Å²) in [5.41, 5.74) is 0.337. The van der Waals surface area contributed by atoms with Crippen molar-refractivity contribution in [3.8, 4) is 6.07 Å². The highest BCUT2D eigenvalue weighted by Gasteiger charge is 2.36. The second-order valence-corrected chi connectivity index (χ2v) is 3.36. The van der Waals surface area contributed by atoms with Gasteiger partial charge in [-0.15, -0.1) is 0 Å². The average Bonchev–Trinajstić information content (AvgIpc) is 2.60. The van der Waals surface area contributed by atoms with Crippen LogP contribution < -0.4 is 0 Å². The van der Waals surface area contributed by atoms with Crippen LogP contribution in [0.4, 0.5) is 4.39 Å². The summed E-state index contributed by atoms with van der Waals surface area (Å²) < 4.78 is 18.3. The van der Waals surface area contributed by atoms with Crippen LogP contribution in [0.2, 0.25) is 0 Å². The van der Waals surface area contributed by atoms with Gasteiger partial charge in [0.25, 0.3) is 0 Å². The zero-order chi connectivity index (χ0) is 10.8. The molecule has 1 heterocycles. The number of nitrogens with zero attached hydrogens (tertiary/aromatic N) is 1. The van der Waals surface area contributed by atoms with Crippen molar-refractivity contribution in [1.29, 1.82) is 5.26 Å². The first-order valence-electron chi connectivity index (χ1n) is 4.57. The smallest absolute Gasteiger partial charge is 0.324 e. The number of halogens is 1. The zero-order valence-corrected chi connectivity index (χ0v) is 7.81. The van der Waals surface area contributed by atoms with E-state index < -0.39 is 23.8 Å². The number of nitriles is 1. The van der Waals surface area contributed by atoms with Crippen LogP contribution in [0.1, 0.15) is 18.1 Å². The Hall–Kier alpha value is -1.89. The minimum atomic E-state index is -0.769. The number of benzene rings is 1. The molecule has 76 valence electrons. The van der Waals surface area contributed by atoms with Gasteiger partial charge in [-0.3, -0.25) is 4.79 Å². The van der Waals surface area contributed by atoms with Gasteiger partial charge >= 0.3 is 5.97 Å². The van der Waals surface area contributed by atoms with Crippen LogP contribution in [-0.4, -0.2) is 5.97 Å². The molecule has 3 nitrogen and oxygen atoms in total. The summed E-state index contributed by atoms with van der Waals surface area (Å²) in [6, 6.07) is 7.95. The van der Waals surface area contributed by atoms with Crippen LogP contribution in [0.3, 0.4) is 0 Å². The van der Waals surface area contributed by atoms with Crippen LogP contribution in [0, 0.1) is 23.1 Å². The van der Waals surface area contributed by atoms with E-state index in [0.29, 0.717) is 5.56 Å². The van der Waals surface area contributed by atoms with Gasteiger partial charge < -0.3 is 4.74 Å². The van der Waals surface area contributed by atoms with Crippen LogP contribution in [0.25, 0.3) is 0 Å². The van der Waals surface area contributed by atoms with Gasteiger partial charge in [0.1, 0.15) is 17.8 Å². The number of ether oxygens (including phenoxy) is 1. The lowest BCUT2D eigenvalue weighted by Crippen LogP contribution is -2.03. The van der Waals surface area contributed by atoms with E-state index in [4.69, 9.17) is 10.00 Å². The maximum Gasteiger partial charge on any atom is 0.324 e. The maximum atomic E-state index is 13.3. The maximum absolute atomic E-state index is 13.3. The lowest BCUT2D eigenvalue weighted by atomic mass is 10.0. The summed E-state index contributed by atoms with van der Waals surface area (Å²) in [5.74, 6) is -1.74. The van der Waals surface area contributed by atoms with Crippen molar-refractivity contribution >= 4 is 5.97 Å². The minimum absolute atomic E-state index is 0.232. The minimum Gasteiger partial charge on any atom is -0.456 e. The Morgan fingerprint density at radius 3 is 2.80 bits per heavy atom. The van der Waals surface area contributed by atoms with E-state index in [1.807, 2.05) is 6.07 Å². The van der Waals surface area contributed by atoms with Crippen LogP contribution in [-0.2, 0) is 9.53 Å². The molecule has 0 bridgehead atoms. The molecule has 1 aliphatic heterocycles. The summed E-state index contributed by atoms with van der Waals surface area (Å²) in [7, 11) is 0. The molecule has 1 aliphatic rings. The van der Waals surface area contributed by atoms with Crippen LogP contribution in [0.5, 0.6) is 0 Å². The fourth-order valence-electron chi connectivity index (χ4n) is 1.61. The molecule has 2 rings (SSSR count). The van der Waals surface area contributed by atoms with Gasteiger partial charge in [0.05, 0.1) is 6.07 Å². The number of cyclic esters (lactones) is 1. The van der Waals surface area contributed by atoms with Crippen molar-refractivity contribution in [3.05, 3.63) is 35.6 Å². The molecule has 15 heavy (non-hydrogen) atoms. The van der Waals surface area contributed by atoms with Gasteiger partial charge in [-0.25, -0.2) is 4.39 Å². The van der Waals surface area contributed by atoms with Gasteiger partial charge in [0, 0.05) is 12.0 Å². The summed E-state index contributed by atoms with van der Waals surface area (Å²) in [6.45, 7) is 0. The molecule has 0 aliphatic carbocycles. The molecular formula is C11H8FNO2. The molecule has 1 saturated heterocycles. The Morgan fingerprint density at radius 1 is 1.47 bits per heavy atom. The van der Waals surface area contributed by atoms with Gasteiger partial charge in [-0.2, -0.15) is 5.26 Å². The normalized spacial score (nSPS) is 24.7. The van der Waals surface area contributed by atoms with Crippen molar-refractivity contribution < 1.29 is 13.9 Å². The lowest BCUT2D eigenvalue weighted by Gasteiger charge is -2.09. The van der Waals surface area contributed by atoms with Crippen LogP contribution in [0.15, 0.2) is 24.3 Å². The van der Waals surface area contributed by atoms with Crippen molar-refractivity contribution in [3.63, 3.8) is 0 Å². The molecule has 0 amide bonds. The van der Waals surface area contributed by atoms with E-state index in [9.17, 15) is 9.18 Å². The number of carbonyl (C=O) groups excluding carboxylic acids is 1. The number of carbonyl (C=O) groups is 1. The number of esters is 1. The van der Waals surface area contributed by atoms with E-state index in [1.54, 1.807) is 18.2 Å². The first-order chi connectivity index (χ1) is 7.22. The summed E-state index contributed by atoms with van der Waals surface area (Å²) in [6.07, 6.45) is -0.389. The SMILES string of the molecule is N#CC1CC(c2ccccc2F)OC1=O. The predicted octanol–water partition coefficient (Wildman–Crippen LogP) is 1.95. The molecule has 0 aromatic heterocycles. The molecule has 2 unspecified atom stereocenters. The highest BCUT2D eigenvalue weighted by Crippen LogP contribution is 2.34.